The summed E-state index contributed by atoms with van der Waals surface area (Å²) in [7, 11) is 1.45. The molecule has 9 nitrogen and oxygen atoms in total. The van der Waals surface area contributed by atoms with Crippen LogP contribution in [0.25, 0.3) is 10.9 Å². The largest absolute Gasteiger partial charge is 0.493 e. The SMILES string of the molecule is CCOC(=O)[C@H](C)Oc1cc(Br)c(C=Nn2c(=O)[nH]c3ccccc3c2=O)cc1OC. The number of nitrogens with one attached hydrogen (secondary N) is 1. The molecule has 2 aromatic carbocycles. The number of aromatic nitrogens is 2. The maximum absolute atomic E-state index is 12.6. The molecule has 3 rings (SSSR count). The Balaban J connectivity index is 1.95. The molecule has 1 heterocycles. The van der Waals surface area contributed by atoms with Gasteiger partial charge in [0.2, 0.25) is 0 Å². The van der Waals surface area contributed by atoms with Crippen LogP contribution in [0, 0.1) is 0 Å². The van der Waals surface area contributed by atoms with E-state index in [4.69, 9.17) is 14.2 Å². The van der Waals surface area contributed by atoms with Crippen molar-refractivity contribution in [1.82, 2.24) is 9.66 Å². The van der Waals surface area contributed by atoms with Crippen molar-refractivity contribution in [2.75, 3.05) is 13.7 Å². The average molecular weight is 490 g/mol. The molecule has 0 aliphatic rings. The predicted molar refractivity (Wildman–Crippen MR) is 119 cm³/mol. The van der Waals surface area contributed by atoms with E-state index in [0.717, 1.165) is 4.68 Å². The van der Waals surface area contributed by atoms with Gasteiger partial charge in [-0.2, -0.15) is 5.10 Å². The highest BCUT2D eigenvalue weighted by Gasteiger charge is 2.19. The molecule has 0 amide bonds. The second-order valence-electron chi connectivity index (χ2n) is 6.37. The smallest absolute Gasteiger partial charge is 0.349 e. The van der Waals surface area contributed by atoms with Gasteiger partial charge in [-0.3, -0.25) is 4.79 Å². The first-order valence-corrected chi connectivity index (χ1v) is 10.1. The summed E-state index contributed by atoms with van der Waals surface area (Å²) in [6.07, 6.45) is 0.506. The normalized spacial score (nSPS) is 12.1. The van der Waals surface area contributed by atoms with Crippen LogP contribution in [0.2, 0.25) is 0 Å². The molecule has 10 heteroatoms. The predicted octanol–water partition coefficient (Wildman–Crippen LogP) is 2.67. The molecule has 1 aromatic heterocycles. The lowest BCUT2D eigenvalue weighted by molar-refractivity contribution is -0.150. The number of methoxy groups -OCH3 is 1. The Hall–Kier alpha value is -3.40. The van der Waals surface area contributed by atoms with Gasteiger partial charge in [0, 0.05) is 10.0 Å². The van der Waals surface area contributed by atoms with Crippen LogP contribution in [0.3, 0.4) is 0 Å². The van der Waals surface area contributed by atoms with Crippen LogP contribution >= 0.6 is 15.9 Å². The van der Waals surface area contributed by atoms with Crippen molar-refractivity contribution in [1.29, 1.82) is 0 Å². The van der Waals surface area contributed by atoms with E-state index in [9.17, 15) is 14.4 Å². The van der Waals surface area contributed by atoms with Gasteiger partial charge in [0.15, 0.2) is 17.6 Å². The molecule has 1 N–H and O–H groups in total. The maximum atomic E-state index is 12.6. The highest BCUT2D eigenvalue weighted by Crippen LogP contribution is 2.33. The van der Waals surface area contributed by atoms with Crippen LogP contribution < -0.4 is 20.7 Å². The first-order valence-electron chi connectivity index (χ1n) is 9.35. The summed E-state index contributed by atoms with van der Waals surface area (Å²) >= 11 is 3.40. The topological polar surface area (TPSA) is 112 Å². The molecule has 0 radical (unpaired) electrons. The van der Waals surface area contributed by atoms with Crippen molar-refractivity contribution in [3.05, 3.63) is 67.3 Å². The first-order chi connectivity index (χ1) is 14.8. The molecule has 0 saturated carbocycles. The standard InChI is InChI=1S/C21H20BrN3O6/c1-4-30-20(27)12(2)31-18-10-15(22)13(9-17(18)29-3)11-23-25-19(26)14-7-5-6-8-16(14)24-21(25)28/h5-12H,4H2,1-3H3,(H,24,28)/t12-/m0/s1. The second-order valence-corrected chi connectivity index (χ2v) is 7.23. The third kappa shape index (κ3) is 4.85. The molecule has 0 saturated heterocycles. The van der Waals surface area contributed by atoms with Gasteiger partial charge in [0.25, 0.3) is 5.56 Å². The molecule has 0 fully saturated rings. The first kappa shape index (κ1) is 22.3. The van der Waals surface area contributed by atoms with E-state index in [-0.39, 0.29) is 6.61 Å². The Morgan fingerprint density at radius 3 is 2.71 bits per heavy atom. The number of hydrogen-bond acceptors (Lipinski definition) is 7. The summed E-state index contributed by atoms with van der Waals surface area (Å²) < 4.78 is 17.2. The lowest BCUT2D eigenvalue weighted by atomic mass is 10.2. The maximum Gasteiger partial charge on any atom is 0.349 e. The molecule has 0 bridgehead atoms. The zero-order chi connectivity index (χ0) is 22.5. The lowest BCUT2D eigenvalue weighted by Crippen LogP contribution is -2.32. The van der Waals surface area contributed by atoms with Gasteiger partial charge in [0.1, 0.15) is 0 Å². The van der Waals surface area contributed by atoms with Crippen LogP contribution in [-0.4, -0.2) is 41.7 Å². The minimum atomic E-state index is -0.838. The Kier molecular flexibility index (Phi) is 6.91. The van der Waals surface area contributed by atoms with Crippen LogP contribution in [0.1, 0.15) is 19.4 Å². The molecule has 0 spiro atoms. The van der Waals surface area contributed by atoms with Gasteiger partial charge in [-0.15, -0.1) is 4.68 Å². The van der Waals surface area contributed by atoms with Crippen LogP contribution in [0.4, 0.5) is 0 Å². The number of H-pyrrole nitrogens is 1. The number of ether oxygens (including phenoxy) is 3. The van der Waals surface area contributed by atoms with Crippen molar-refractivity contribution >= 4 is 39.0 Å². The Morgan fingerprint density at radius 2 is 2.00 bits per heavy atom. The fourth-order valence-electron chi connectivity index (χ4n) is 2.78. The quantitative estimate of drug-likeness (QED) is 0.403. The lowest BCUT2D eigenvalue weighted by Gasteiger charge is -2.16. The summed E-state index contributed by atoms with van der Waals surface area (Å²) in [5.74, 6) is 0.148. The molecule has 162 valence electrons. The summed E-state index contributed by atoms with van der Waals surface area (Å²) in [5, 5.41) is 4.38. The molecule has 31 heavy (non-hydrogen) atoms. The molecule has 0 aliphatic heterocycles. The Morgan fingerprint density at radius 1 is 1.26 bits per heavy atom. The van der Waals surface area contributed by atoms with Gasteiger partial charge in [-0.25, -0.2) is 9.59 Å². The monoisotopic (exact) mass is 489 g/mol. The molecular weight excluding hydrogens is 470 g/mol. The Bertz CT molecular complexity index is 1260. The number of para-hydroxylation sites is 1. The van der Waals surface area contributed by atoms with E-state index in [1.54, 1.807) is 50.2 Å². The van der Waals surface area contributed by atoms with Crippen molar-refractivity contribution in [3.8, 4) is 11.5 Å². The molecule has 3 aromatic rings. The van der Waals surface area contributed by atoms with Crippen LogP contribution in [0.5, 0.6) is 11.5 Å². The molecule has 0 aliphatic carbocycles. The van der Waals surface area contributed by atoms with E-state index in [1.165, 1.54) is 13.3 Å². The van der Waals surface area contributed by atoms with E-state index >= 15 is 0 Å². The number of aromatic amines is 1. The second kappa shape index (κ2) is 9.61. The highest BCUT2D eigenvalue weighted by atomic mass is 79.9. The fourth-order valence-corrected chi connectivity index (χ4v) is 3.20. The number of rotatable bonds is 7. The number of carbonyl (C=O) groups is 1. The Labute approximate surface area is 185 Å². The third-order valence-corrected chi connectivity index (χ3v) is 4.99. The summed E-state index contributed by atoms with van der Waals surface area (Å²) in [6.45, 7) is 3.52. The summed E-state index contributed by atoms with van der Waals surface area (Å²) in [6, 6.07) is 9.87. The number of benzene rings is 2. The van der Waals surface area contributed by atoms with Crippen molar-refractivity contribution in [2.24, 2.45) is 5.10 Å². The fraction of sp³-hybridized carbons (Fsp3) is 0.238. The zero-order valence-corrected chi connectivity index (χ0v) is 18.6. The average Bonchev–Trinajstić information content (AvgIpc) is 2.75. The summed E-state index contributed by atoms with van der Waals surface area (Å²) in [5.41, 5.74) is -0.246. The number of esters is 1. The zero-order valence-electron chi connectivity index (χ0n) is 17.0. The summed E-state index contributed by atoms with van der Waals surface area (Å²) in [4.78, 5) is 39.3. The molecule has 0 unspecified atom stereocenters. The van der Waals surface area contributed by atoms with Gasteiger partial charge in [-0.1, -0.05) is 12.1 Å². The van der Waals surface area contributed by atoms with E-state index in [0.29, 0.717) is 32.4 Å². The van der Waals surface area contributed by atoms with E-state index < -0.39 is 23.3 Å². The van der Waals surface area contributed by atoms with E-state index in [2.05, 4.69) is 26.0 Å². The van der Waals surface area contributed by atoms with Gasteiger partial charge in [0.05, 0.1) is 30.8 Å². The van der Waals surface area contributed by atoms with Gasteiger partial charge < -0.3 is 19.2 Å². The van der Waals surface area contributed by atoms with Gasteiger partial charge >= 0.3 is 11.7 Å². The minimum absolute atomic E-state index is 0.246. The minimum Gasteiger partial charge on any atom is -0.493 e. The molecular formula is C21H20BrN3O6. The van der Waals surface area contributed by atoms with E-state index in [1.807, 2.05) is 0 Å². The van der Waals surface area contributed by atoms with Crippen molar-refractivity contribution < 1.29 is 19.0 Å². The van der Waals surface area contributed by atoms with Crippen LogP contribution in [-0.2, 0) is 9.53 Å². The number of carbonyl (C=O) groups excluding carboxylic acids is 1. The third-order valence-electron chi connectivity index (χ3n) is 4.30. The number of hydrogen-bond donors (Lipinski definition) is 1. The highest BCUT2D eigenvalue weighted by molar-refractivity contribution is 9.10. The number of nitrogens with zero attached hydrogens (tertiary/aromatic N) is 2. The number of fused-ring (bicyclic) bond motifs is 1. The molecule has 1 atom stereocenters. The number of halogens is 1. The van der Waals surface area contributed by atoms with Crippen molar-refractivity contribution in [2.45, 2.75) is 20.0 Å². The van der Waals surface area contributed by atoms with Gasteiger partial charge in [-0.05, 0) is 54.0 Å². The van der Waals surface area contributed by atoms with Crippen molar-refractivity contribution in [3.63, 3.8) is 0 Å². The van der Waals surface area contributed by atoms with Crippen LogP contribution in [0.15, 0.2) is 55.6 Å².